The first-order chi connectivity index (χ1) is 12.9. The van der Waals surface area contributed by atoms with E-state index in [0.717, 1.165) is 18.4 Å². The summed E-state index contributed by atoms with van der Waals surface area (Å²) in [5, 5.41) is 11.5. The SMILES string of the molecule is c1ccc(Cn2cc(CP(c3ccccc3)c3ccccc3)nn2)cc1. The molecular formula is C22H20N3P. The lowest BCUT2D eigenvalue weighted by molar-refractivity contribution is 0.649. The maximum Gasteiger partial charge on any atom is 0.0876 e. The summed E-state index contributed by atoms with van der Waals surface area (Å²) >= 11 is 0. The Balaban J connectivity index is 1.57. The molecule has 1 heterocycles. The summed E-state index contributed by atoms with van der Waals surface area (Å²) in [6.45, 7) is 0.752. The highest BCUT2D eigenvalue weighted by molar-refractivity contribution is 7.72. The molecule has 0 amide bonds. The molecular weight excluding hydrogens is 337 g/mol. The van der Waals surface area contributed by atoms with E-state index in [1.165, 1.54) is 16.2 Å². The van der Waals surface area contributed by atoms with Crippen molar-refractivity contribution in [2.75, 3.05) is 0 Å². The molecule has 0 bridgehead atoms. The Kier molecular flexibility index (Phi) is 5.18. The summed E-state index contributed by atoms with van der Waals surface area (Å²) in [7, 11) is -0.489. The number of hydrogen-bond acceptors (Lipinski definition) is 2. The van der Waals surface area contributed by atoms with Crippen LogP contribution < -0.4 is 10.6 Å². The van der Waals surface area contributed by atoms with Gasteiger partial charge in [0.05, 0.1) is 12.2 Å². The molecule has 0 aliphatic rings. The van der Waals surface area contributed by atoms with Crippen molar-refractivity contribution in [2.24, 2.45) is 0 Å². The third-order valence-electron chi connectivity index (χ3n) is 4.23. The van der Waals surface area contributed by atoms with Gasteiger partial charge in [-0.1, -0.05) is 96.2 Å². The molecule has 0 spiro atoms. The molecule has 1 aromatic heterocycles. The molecule has 0 aliphatic heterocycles. The molecule has 0 saturated carbocycles. The number of nitrogens with zero attached hydrogens (tertiary/aromatic N) is 3. The molecule has 0 radical (unpaired) electrons. The minimum absolute atomic E-state index is 0.489. The maximum absolute atomic E-state index is 4.43. The molecule has 4 heteroatoms. The second kappa shape index (κ2) is 8.07. The lowest BCUT2D eigenvalue weighted by Crippen LogP contribution is -2.13. The molecule has 0 unspecified atom stereocenters. The number of benzene rings is 3. The minimum Gasteiger partial charge on any atom is -0.248 e. The van der Waals surface area contributed by atoms with E-state index < -0.39 is 7.92 Å². The van der Waals surface area contributed by atoms with Crippen LogP contribution in [-0.4, -0.2) is 15.0 Å². The van der Waals surface area contributed by atoms with Gasteiger partial charge in [0, 0.05) is 12.4 Å². The van der Waals surface area contributed by atoms with Gasteiger partial charge >= 0.3 is 0 Å². The Bertz CT molecular complexity index is 897. The van der Waals surface area contributed by atoms with Gasteiger partial charge in [-0.25, -0.2) is 4.68 Å². The molecule has 4 rings (SSSR count). The van der Waals surface area contributed by atoms with E-state index >= 15 is 0 Å². The van der Waals surface area contributed by atoms with Gasteiger partial charge in [-0.2, -0.15) is 0 Å². The van der Waals surface area contributed by atoms with Crippen LogP contribution in [0.5, 0.6) is 0 Å². The van der Waals surface area contributed by atoms with E-state index in [2.05, 4.69) is 101 Å². The lowest BCUT2D eigenvalue weighted by atomic mass is 10.2. The van der Waals surface area contributed by atoms with Crippen LogP contribution in [0.3, 0.4) is 0 Å². The monoisotopic (exact) mass is 357 g/mol. The first kappa shape index (κ1) is 16.7. The van der Waals surface area contributed by atoms with Crippen molar-refractivity contribution in [3.05, 3.63) is 108 Å². The highest BCUT2D eigenvalue weighted by Crippen LogP contribution is 2.37. The van der Waals surface area contributed by atoms with Crippen LogP contribution in [0.4, 0.5) is 0 Å². The van der Waals surface area contributed by atoms with Crippen molar-refractivity contribution < 1.29 is 0 Å². The van der Waals surface area contributed by atoms with Crippen molar-refractivity contribution in [1.29, 1.82) is 0 Å². The summed E-state index contributed by atoms with van der Waals surface area (Å²) in [4.78, 5) is 0. The van der Waals surface area contributed by atoms with Gasteiger partial charge in [-0.05, 0) is 24.1 Å². The van der Waals surface area contributed by atoms with Gasteiger partial charge in [-0.15, -0.1) is 5.10 Å². The van der Waals surface area contributed by atoms with Gasteiger partial charge < -0.3 is 0 Å². The molecule has 0 fully saturated rings. The van der Waals surface area contributed by atoms with Crippen LogP contribution in [0.1, 0.15) is 11.3 Å². The van der Waals surface area contributed by atoms with Crippen LogP contribution in [0, 0.1) is 0 Å². The average molecular weight is 357 g/mol. The Morgan fingerprint density at radius 1 is 0.692 bits per heavy atom. The molecule has 4 aromatic rings. The Morgan fingerprint density at radius 3 is 1.81 bits per heavy atom. The second-order valence-corrected chi connectivity index (χ2v) is 8.36. The van der Waals surface area contributed by atoms with Crippen LogP contribution in [-0.2, 0) is 12.7 Å². The maximum atomic E-state index is 4.43. The zero-order valence-electron chi connectivity index (χ0n) is 14.4. The van der Waals surface area contributed by atoms with E-state index in [9.17, 15) is 0 Å². The van der Waals surface area contributed by atoms with E-state index in [1.54, 1.807) is 0 Å². The Morgan fingerprint density at radius 2 is 1.23 bits per heavy atom. The summed E-state index contributed by atoms with van der Waals surface area (Å²) < 4.78 is 1.92. The normalized spacial score (nSPS) is 11.0. The second-order valence-electron chi connectivity index (χ2n) is 6.15. The van der Waals surface area contributed by atoms with E-state index in [4.69, 9.17) is 0 Å². The van der Waals surface area contributed by atoms with Crippen molar-refractivity contribution in [2.45, 2.75) is 12.7 Å². The largest absolute Gasteiger partial charge is 0.248 e. The van der Waals surface area contributed by atoms with Gasteiger partial charge in [-0.3, -0.25) is 0 Å². The molecule has 3 aromatic carbocycles. The quantitative estimate of drug-likeness (QED) is 0.489. The topological polar surface area (TPSA) is 30.7 Å². The van der Waals surface area contributed by atoms with Crippen molar-refractivity contribution >= 4 is 18.5 Å². The molecule has 0 atom stereocenters. The average Bonchev–Trinajstić information content (AvgIpc) is 3.15. The summed E-state index contributed by atoms with van der Waals surface area (Å²) in [6, 6.07) is 31.8. The van der Waals surface area contributed by atoms with Crippen molar-refractivity contribution in [3.8, 4) is 0 Å². The molecule has 0 aliphatic carbocycles. The van der Waals surface area contributed by atoms with Crippen LogP contribution in [0.15, 0.2) is 97.2 Å². The van der Waals surface area contributed by atoms with E-state index in [-0.39, 0.29) is 0 Å². The highest BCUT2D eigenvalue weighted by atomic mass is 31.1. The predicted molar refractivity (Wildman–Crippen MR) is 108 cm³/mol. The van der Waals surface area contributed by atoms with Gasteiger partial charge in [0.1, 0.15) is 0 Å². The van der Waals surface area contributed by atoms with Crippen LogP contribution in [0.2, 0.25) is 0 Å². The molecule has 0 saturated heterocycles. The zero-order valence-corrected chi connectivity index (χ0v) is 15.3. The number of aromatic nitrogens is 3. The predicted octanol–water partition coefficient (Wildman–Crippen LogP) is 3.96. The third kappa shape index (κ3) is 4.07. The Labute approximate surface area is 155 Å². The molecule has 128 valence electrons. The van der Waals surface area contributed by atoms with E-state index in [1.807, 2.05) is 10.7 Å². The zero-order chi connectivity index (χ0) is 17.6. The van der Waals surface area contributed by atoms with Gasteiger partial charge in [0.15, 0.2) is 0 Å². The number of rotatable bonds is 6. The first-order valence-electron chi connectivity index (χ1n) is 8.69. The van der Waals surface area contributed by atoms with E-state index in [0.29, 0.717) is 0 Å². The molecule has 26 heavy (non-hydrogen) atoms. The highest BCUT2D eigenvalue weighted by Gasteiger charge is 2.16. The number of hydrogen-bond donors (Lipinski definition) is 0. The fourth-order valence-corrected chi connectivity index (χ4v) is 5.16. The fraction of sp³-hybridized carbons (Fsp3) is 0.0909. The fourth-order valence-electron chi connectivity index (χ4n) is 2.97. The van der Waals surface area contributed by atoms with Crippen LogP contribution >= 0.6 is 7.92 Å². The third-order valence-corrected chi connectivity index (χ3v) is 6.71. The van der Waals surface area contributed by atoms with Crippen LogP contribution in [0.25, 0.3) is 0 Å². The van der Waals surface area contributed by atoms with Crippen molar-refractivity contribution in [3.63, 3.8) is 0 Å². The first-order valence-corrected chi connectivity index (χ1v) is 10.2. The van der Waals surface area contributed by atoms with Gasteiger partial charge in [0.2, 0.25) is 0 Å². The Hall–Kier alpha value is -2.77. The van der Waals surface area contributed by atoms with Gasteiger partial charge in [0.25, 0.3) is 0 Å². The smallest absolute Gasteiger partial charge is 0.0876 e. The minimum atomic E-state index is -0.489. The summed E-state index contributed by atoms with van der Waals surface area (Å²) in [6.07, 6.45) is 2.98. The summed E-state index contributed by atoms with van der Waals surface area (Å²) in [5.41, 5.74) is 2.28. The molecule has 3 nitrogen and oxygen atoms in total. The summed E-state index contributed by atoms with van der Waals surface area (Å²) in [5.74, 6) is 0. The van der Waals surface area contributed by atoms with Crippen molar-refractivity contribution in [1.82, 2.24) is 15.0 Å². The standard InChI is InChI=1S/C22H20N3P/c1-4-10-19(11-5-1)16-25-17-20(23-24-25)18-26(21-12-6-2-7-13-21)22-14-8-3-9-15-22/h1-15,17H,16,18H2. The molecule has 0 N–H and O–H groups in total. The lowest BCUT2D eigenvalue weighted by Gasteiger charge is -2.17.